The van der Waals surface area contributed by atoms with Crippen LogP contribution >= 0.6 is 0 Å². The average Bonchev–Trinajstić information content (AvgIpc) is 2.56. The van der Waals surface area contributed by atoms with Gasteiger partial charge in [0.1, 0.15) is 0 Å². The van der Waals surface area contributed by atoms with Crippen LogP contribution in [0.15, 0.2) is 30.3 Å². The Morgan fingerprint density at radius 1 is 1.26 bits per heavy atom. The molecular weight excluding hydrogens is 292 g/mol. The van der Waals surface area contributed by atoms with Gasteiger partial charge in [0.25, 0.3) is 0 Å². The zero-order valence-corrected chi connectivity index (χ0v) is 13.7. The number of carbonyl (C=O) groups excluding carboxylic acids is 2. The lowest BCUT2D eigenvalue weighted by Crippen LogP contribution is -2.47. The number of nitrogens with one attached hydrogen (secondary N) is 1. The summed E-state index contributed by atoms with van der Waals surface area (Å²) in [6, 6.07) is 9.76. The predicted octanol–water partition coefficient (Wildman–Crippen LogP) is 1.35. The zero-order chi connectivity index (χ0) is 16.7. The second kappa shape index (κ2) is 8.67. The third-order valence-electron chi connectivity index (χ3n) is 4.43. The maximum atomic E-state index is 12.3. The Labute approximate surface area is 137 Å². The van der Waals surface area contributed by atoms with Crippen LogP contribution in [0.2, 0.25) is 0 Å². The molecule has 2 unspecified atom stereocenters. The Morgan fingerprint density at radius 2 is 2.00 bits per heavy atom. The highest BCUT2D eigenvalue weighted by molar-refractivity contribution is 5.80. The van der Waals surface area contributed by atoms with Gasteiger partial charge in [-0.3, -0.25) is 9.59 Å². The average molecular weight is 318 g/mol. The van der Waals surface area contributed by atoms with Gasteiger partial charge < -0.3 is 15.3 Å². The lowest BCUT2D eigenvalue weighted by Gasteiger charge is -2.37. The molecule has 0 radical (unpaired) electrons. The van der Waals surface area contributed by atoms with Crippen molar-refractivity contribution < 1.29 is 14.7 Å². The van der Waals surface area contributed by atoms with E-state index in [4.69, 9.17) is 0 Å². The highest BCUT2D eigenvalue weighted by Crippen LogP contribution is 2.22. The van der Waals surface area contributed by atoms with Gasteiger partial charge >= 0.3 is 0 Å². The summed E-state index contributed by atoms with van der Waals surface area (Å²) >= 11 is 0. The smallest absolute Gasteiger partial charge is 0.224 e. The lowest BCUT2D eigenvalue weighted by molar-refractivity contribution is -0.135. The topological polar surface area (TPSA) is 69.6 Å². The minimum Gasteiger partial charge on any atom is -0.396 e. The van der Waals surface area contributed by atoms with E-state index < -0.39 is 0 Å². The van der Waals surface area contributed by atoms with E-state index in [1.54, 1.807) is 0 Å². The molecule has 5 heteroatoms. The molecule has 1 aromatic carbocycles. The molecule has 2 atom stereocenters. The molecule has 1 saturated heterocycles. The monoisotopic (exact) mass is 318 g/mol. The Hall–Kier alpha value is -1.88. The van der Waals surface area contributed by atoms with E-state index >= 15 is 0 Å². The minimum absolute atomic E-state index is 0.0515. The van der Waals surface area contributed by atoms with Crippen molar-refractivity contribution in [3.8, 4) is 0 Å². The molecule has 0 spiro atoms. The molecule has 0 aliphatic carbocycles. The van der Waals surface area contributed by atoms with Gasteiger partial charge in [0.2, 0.25) is 11.8 Å². The highest BCUT2D eigenvalue weighted by Gasteiger charge is 2.28. The fourth-order valence-corrected chi connectivity index (χ4v) is 2.98. The van der Waals surface area contributed by atoms with Crippen molar-refractivity contribution in [3.05, 3.63) is 35.9 Å². The molecule has 0 aromatic heterocycles. The van der Waals surface area contributed by atoms with Gasteiger partial charge in [-0.1, -0.05) is 30.3 Å². The Kier molecular flexibility index (Phi) is 6.59. The molecule has 2 N–H and O–H groups in total. The van der Waals surface area contributed by atoms with Crippen LogP contribution < -0.4 is 5.32 Å². The first-order valence-corrected chi connectivity index (χ1v) is 8.31. The molecule has 1 aliphatic heterocycles. The van der Waals surface area contributed by atoms with Crippen LogP contribution in [0.1, 0.15) is 31.7 Å². The standard InChI is InChI=1S/C18H26N2O3/c1-14-7-8-16(13-21)12-20(14)18(23)9-10-19-17(22)11-15-5-3-2-4-6-15/h2-6,14,16,21H,7-13H2,1H3,(H,19,22). The van der Waals surface area contributed by atoms with Gasteiger partial charge in [0, 0.05) is 32.2 Å². The van der Waals surface area contributed by atoms with Crippen molar-refractivity contribution >= 4 is 11.8 Å². The van der Waals surface area contributed by atoms with E-state index in [-0.39, 0.29) is 30.4 Å². The van der Waals surface area contributed by atoms with E-state index in [2.05, 4.69) is 5.32 Å². The third-order valence-corrected chi connectivity index (χ3v) is 4.43. The first kappa shape index (κ1) is 17.5. The van der Waals surface area contributed by atoms with Gasteiger partial charge in [0.05, 0.1) is 6.42 Å². The summed E-state index contributed by atoms with van der Waals surface area (Å²) in [5.41, 5.74) is 0.965. The maximum absolute atomic E-state index is 12.3. The number of hydrogen-bond acceptors (Lipinski definition) is 3. The fourth-order valence-electron chi connectivity index (χ4n) is 2.98. The first-order chi connectivity index (χ1) is 11.1. The Balaban J connectivity index is 1.72. The van der Waals surface area contributed by atoms with Crippen LogP contribution in [-0.2, 0) is 16.0 Å². The van der Waals surface area contributed by atoms with Crippen molar-refractivity contribution in [1.82, 2.24) is 10.2 Å². The van der Waals surface area contributed by atoms with E-state index in [1.165, 1.54) is 0 Å². The summed E-state index contributed by atoms with van der Waals surface area (Å²) in [4.78, 5) is 26.0. The van der Waals surface area contributed by atoms with Gasteiger partial charge in [-0.25, -0.2) is 0 Å². The lowest BCUT2D eigenvalue weighted by atomic mass is 9.94. The predicted molar refractivity (Wildman–Crippen MR) is 88.8 cm³/mol. The number of likely N-dealkylation sites (tertiary alicyclic amines) is 1. The van der Waals surface area contributed by atoms with E-state index in [9.17, 15) is 14.7 Å². The van der Waals surface area contributed by atoms with Crippen molar-refractivity contribution in [2.24, 2.45) is 5.92 Å². The molecule has 5 nitrogen and oxygen atoms in total. The number of piperidine rings is 1. The Morgan fingerprint density at radius 3 is 2.70 bits per heavy atom. The first-order valence-electron chi connectivity index (χ1n) is 8.31. The van der Waals surface area contributed by atoms with Crippen LogP contribution in [-0.4, -0.2) is 47.6 Å². The fraction of sp³-hybridized carbons (Fsp3) is 0.556. The molecule has 1 aromatic rings. The van der Waals surface area contributed by atoms with Crippen LogP contribution in [0.4, 0.5) is 0 Å². The number of hydrogen-bond donors (Lipinski definition) is 2. The molecule has 1 fully saturated rings. The second-order valence-electron chi connectivity index (χ2n) is 6.28. The summed E-state index contributed by atoms with van der Waals surface area (Å²) < 4.78 is 0. The molecule has 23 heavy (non-hydrogen) atoms. The molecule has 0 bridgehead atoms. The quantitative estimate of drug-likeness (QED) is 0.832. The largest absolute Gasteiger partial charge is 0.396 e. The summed E-state index contributed by atoms with van der Waals surface area (Å²) in [5.74, 6) is 0.169. The molecule has 2 rings (SSSR count). The van der Waals surface area contributed by atoms with Gasteiger partial charge in [-0.2, -0.15) is 0 Å². The van der Waals surface area contributed by atoms with Crippen LogP contribution in [0, 0.1) is 5.92 Å². The summed E-state index contributed by atoms with van der Waals surface area (Å²) in [5, 5.41) is 12.1. The van der Waals surface area contributed by atoms with Gasteiger partial charge in [-0.15, -0.1) is 0 Å². The number of benzene rings is 1. The minimum atomic E-state index is -0.0658. The number of amides is 2. The molecule has 126 valence electrons. The van der Waals surface area contributed by atoms with Crippen molar-refractivity contribution in [3.63, 3.8) is 0 Å². The number of rotatable bonds is 6. The molecule has 2 amide bonds. The van der Waals surface area contributed by atoms with Crippen LogP contribution in [0.5, 0.6) is 0 Å². The number of carbonyl (C=O) groups is 2. The van der Waals surface area contributed by atoms with Crippen molar-refractivity contribution in [2.75, 3.05) is 19.7 Å². The zero-order valence-electron chi connectivity index (χ0n) is 13.7. The van der Waals surface area contributed by atoms with E-state index in [1.807, 2.05) is 42.2 Å². The van der Waals surface area contributed by atoms with Crippen molar-refractivity contribution in [2.45, 2.75) is 38.6 Å². The number of nitrogens with zero attached hydrogens (tertiary/aromatic N) is 1. The summed E-state index contributed by atoms with van der Waals surface area (Å²) in [6.07, 6.45) is 2.54. The maximum Gasteiger partial charge on any atom is 0.224 e. The second-order valence-corrected chi connectivity index (χ2v) is 6.28. The normalized spacial score (nSPS) is 21.0. The van der Waals surface area contributed by atoms with E-state index in [0.29, 0.717) is 25.9 Å². The molecule has 1 aliphatic rings. The highest BCUT2D eigenvalue weighted by atomic mass is 16.3. The summed E-state index contributed by atoms with van der Waals surface area (Å²) in [7, 11) is 0. The molecule has 1 heterocycles. The SMILES string of the molecule is CC1CCC(CO)CN1C(=O)CCNC(=O)Cc1ccccc1. The van der Waals surface area contributed by atoms with Crippen molar-refractivity contribution in [1.29, 1.82) is 0 Å². The molecular formula is C18H26N2O3. The Bertz CT molecular complexity index is 518. The third kappa shape index (κ3) is 5.36. The molecule has 0 saturated carbocycles. The number of aliphatic hydroxyl groups is 1. The summed E-state index contributed by atoms with van der Waals surface area (Å²) in [6.45, 7) is 3.15. The van der Waals surface area contributed by atoms with Gasteiger partial charge in [0.15, 0.2) is 0 Å². The number of aliphatic hydroxyl groups excluding tert-OH is 1. The van der Waals surface area contributed by atoms with Gasteiger partial charge in [-0.05, 0) is 31.2 Å². The van der Waals surface area contributed by atoms with Crippen LogP contribution in [0.3, 0.4) is 0 Å². The van der Waals surface area contributed by atoms with Crippen LogP contribution in [0.25, 0.3) is 0 Å². The van der Waals surface area contributed by atoms with E-state index in [0.717, 1.165) is 18.4 Å².